The maximum Gasteiger partial charge on any atom is 0.288 e. The molecule has 3 rings (SSSR count). The van der Waals surface area contributed by atoms with Crippen molar-refractivity contribution in [3.05, 3.63) is 62.0 Å². The third-order valence-corrected chi connectivity index (χ3v) is 5.69. The van der Waals surface area contributed by atoms with Crippen LogP contribution < -0.4 is 5.56 Å². The summed E-state index contributed by atoms with van der Waals surface area (Å²) < 4.78 is 1.39. The second kappa shape index (κ2) is 8.35. The Bertz CT molecular complexity index is 765. The van der Waals surface area contributed by atoms with Crippen molar-refractivity contribution >= 4 is 23.2 Å². The molecule has 0 saturated carbocycles. The molecule has 0 unspecified atom stereocenters. The molecule has 0 N–H and O–H groups in total. The van der Waals surface area contributed by atoms with E-state index in [4.69, 9.17) is 23.2 Å². The van der Waals surface area contributed by atoms with Crippen LogP contribution in [0.1, 0.15) is 30.4 Å². The summed E-state index contributed by atoms with van der Waals surface area (Å²) in [4.78, 5) is 14.3. The lowest BCUT2D eigenvalue weighted by Crippen LogP contribution is -2.39. The molecule has 1 aromatic heterocycles. The predicted octanol–water partition coefficient (Wildman–Crippen LogP) is 4.16. The largest absolute Gasteiger partial charge is 0.288 e. The lowest BCUT2D eigenvalue weighted by molar-refractivity contribution is 0.135. The Morgan fingerprint density at radius 2 is 1.84 bits per heavy atom. The average Bonchev–Trinajstić information content (AvgIpc) is 2.63. The van der Waals surface area contributed by atoms with Gasteiger partial charge in [-0.15, -0.1) is 0 Å². The van der Waals surface area contributed by atoms with Crippen molar-refractivity contribution in [2.45, 2.75) is 39.3 Å². The highest BCUT2D eigenvalue weighted by Crippen LogP contribution is 2.23. The van der Waals surface area contributed by atoms with Crippen LogP contribution in [0.2, 0.25) is 10.0 Å². The van der Waals surface area contributed by atoms with Crippen LogP contribution in [0.15, 0.2) is 35.3 Å². The maximum atomic E-state index is 12.1. The van der Waals surface area contributed by atoms with Crippen molar-refractivity contribution in [3.63, 3.8) is 0 Å². The highest BCUT2D eigenvalue weighted by atomic mass is 35.5. The minimum atomic E-state index is -0.323. The van der Waals surface area contributed by atoms with Crippen molar-refractivity contribution in [2.75, 3.05) is 13.1 Å². The molecule has 0 atom stereocenters. The van der Waals surface area contributed by atoms with E-state index >= 15 is 0 Å². The monoisotopic (exact) mass is 379 g/mol. The standard InChI is InChI=1S/C19H23Cl2N3O/c1-14-2-4-15(5-3-14)6-7-16-8-10-23(11-9-16)13-24-19(25)18(21)17(20)12-22-24/h2-5,12,16H,6-11,13H2,1H3. The molecule has 0 radical (unpaired) electrons. The van der Waals surface area contributed by atoms with E-state index in [0.29, 0.717) is 6.67 Å². The summed E-state index contributed by atoms with van der Waals surface area (Å²) in [5, 5.41) is 4.33. The summed E-state index contributed by atoms with van der Waals surface area (Å²) in [5.74, 6) is 0.746. The van der Waals surface area contributed by atoms with E-state index < -0.39 is 0 Å². The Kier molecular flexibility index (Phi) is 6.15. The highest BCUT2D eigenvalue weighted by molar-refractivity contribution is 6.41. The molecule has 0 bridgehead atoms. The smallest absolute Gasteiger partial charge is 0.284 e. The zero-order valence-corrected chi connectivity index (χ0v) is 15.9. The number of nitrogens with zero attached hydrogens (tertiary/aromatic N) is 3. The topological polar surface area (TPSA) is 38.1 Å². The second-order valence-corrected chi connectivity index (χ2v) is 7.62. The van der Waals surface area contributed by atoms with Crippen LogP contribution in [0, 0.1) is 12.8 Å². The van der Waals surface area contributed by atoms with E-state index in [0.717, 1.165) is 38.3 Å². The van der Waals surface area contributed by atoms with Gasteiger partial charge in [0.1, 0.15) is 5.02 Å². The van der Waals surface area contributed by atoms with Crippen molar-refractivity contribution in [3.8, 4) is 0 Å². The SMILES string of the molecule is Cc1ccc(CCC2CCN(Cn3ncc(Cl)c(Cl)c3=O)CC2)cc1. The van der Waals surface area contributed by atoms with Gasteiger partial charge in [0.25, 0.3) is 5.56 Å². The van der Waals surface area contributed by atoms with Crippen LogP contribution in [0.25, 0.3) is 0 Å². The van der Waals surface area contributed by atoms with Gasteiger partial charge in [-0.25, -0.2) is 4.68 Å². The van der Waals surface area contributed by atoms with E-state index in [1.165, 1.54) is 28.4 Å². The number of halogens is 2. The molecule has 25 heavy (non-hydrogen) atoms. The first-order chi connectivity index (χ1) is 12.0. The van der Waals surface area contributed by atoms with E-state index in [1.807, 2.05) is 0 Å². The number of rotatable bonds is 5. The van der Waals surface area contributed by atoms with Gasteiger partial charge in [0.05, 0.1) is 17.9 Å². The van der Waals surface area contributed by atoms with Gasteiger partial charge in [0, 0.05) is 13.1 Å². The summed E-state index contributed by atoms with van der Waals surface area (Å²) in [7, 11) is 0. The number of aromatic nitrogens is 2. The molecule has 1 aliphatic rings. The Morgan fingerprint density at radius 1 is 1.16 bits per heavy atom. The molecule has 0 aliphatic carbocycles. The minimum absolute atomic E-state index is 0.0460. The van der Waals surface area contributed by atoms with E-state index in [2.05, 4.69) is 41.2 Å². The van der Waals surface area contributed by atoms with Gasteiger partial charge in [0.15, 0.2) is 0 Å². The Hall–Kier alpha value is -1.36. The summed E-state index contributed by atoms with van der Waals surface area (Å²) in [6.07, 6.45) is 6.10. The maximum absolute atomic E-state index is 12.1. The van der Waals surface area contributed by atoms with Crippen LogP contribution in [0.3, 0.4) is 0 Å². The predicted molar refractivity (Wildman–Crippen MR) is 102 cm³/mol. The van der Waals surface area contributed by atoms with Crippen LogP contribution in [-0.4, -0.2) is 27.8 Å². The van der Waals surface area contributed by atoms with Gasteiger partial charge >= 0.3 is 0 Å². The Morgan fingerprint density at radius 3 is 2.52 bits per heavy atom. The van der Waals surface area contributed by atoms with Crippen molar-refractivity contribution in [1.82, 2.24) is 14.7 Å². The van der Waals surface area contributed by atoms with Crippen molar-refractivity contribution in [1.29, 1.82) is 0 Å². The van der Waals surface area contributed by atoms with Gasteiger partial charge < -0.3 is 0 Å². The quantitative estimate of drug-likeness (QED) is 0.782. The fraction of sp³-hybridized carbons (Fsp3) is 0.474. The summed E-state index contributed by atoms with van der Waals surface area (Å²) in [6, 6.07) is 8.82. The molecule has 1 aromatic carbocycles. The molecule has 2 heterocycles. The van der Waals surface area contributed by atoms with Gasteiger partial charge in [-0.05, 0) is 44.1 Å². The molecule has 6 heteroatoms. The Balaban J connectivity index is 1.48. The summed E-state index contributed by atoms with van der Waals surface area (Å²) in [6.45, 7) is 4.55. The first kappa shape index (κ1) is 18.4. The molecular formula is C19H23Cl2N3O. The number of hydrogen-bond acceptors (Lipinski definition) is 3. The molecule has 1 aliphatic heterocycles. The lowest BCUT2D eigenvalue weighted by Gasteiger charge is -2.31. The molecule has 0 amide bonds. The third-order valence-electron chi connectivity index (χ3n) is 4.95. The number of piperidine rings is 1. The molecule has 4 nitrogen and oxygen atoms in total. The molecule has 0 spiro atoms. The van der Waals surface area contributed by atoms with E-state index in [1.54, 1.807) is 0 Å². The fourth-order valence-electron chi connectivity index (χ4n) is 3.28. The van der Waals surface area contributed by atoms with Gasteiger partial charge in [-0.2, -0.15) is 5.10 Å². The second-order valence-electron chi connectivity index (χ2n) is 6.84. The normalized spacial score (nSPS) is 16.3. The average molecular weight is 380 g/mol. The van der Waals surface area contributed by atoms with Crippen LogP contribution in [0.4, 0.5) is 0 Å². The number of likely N-dealkylation sites (tertiary alicyclic amines) is 1. The van der Waals surface area contributed by atoms with Gasteiger partial charge in [-0.3, -0.25) is 9.69 Å². The number of aryl methyl sites for hydroxylation is 2. The minimum Gasteiger partial charge on any atom is -0.284 e. The zero-order valence-electron chi connectivity index (χ0n) is 14.4. The Labute approximate surface area is 158 Å². The van der Waals surface area contributed by atoms with Crippen molar-refractivity contribution in [2.24, 2.45) is 5.92 Å². The molecule has 1 saturated heterocycles. The molecule has 2 aromatic rings. The zero-order chi connectivity index (χ0) is 17.8. The third kappa shape index (κ3) is 4.84. The van der Waals surface area contributed by atoms with Crippen LogP contribution in [0.5, 0.6) is 0 Å². The number of benzene rings is 1. The molecule has 1 fully saturated rings. The van der Waals surface area contributed by atoms with Crippen LogP contribution in [-0.2, 0) is 13.1 Å². The van der Waals surface area contributed by atoms with E-state index in [-0.39, 0.29) is 15.6 Å². The van der Waals surface area contributed by atoms with Crippen molar-refractivity contribution < 1.29 is 0 Å². The van der Waals surface area contributed by atoms with Crippen LogP contribution >= 0.6 is 23.2 Å². The van der Waals surface area contributed by atoms with Gasteiger partial charge in [-0.1, -0.05) is 53.0 Å². The van der Waals surface area contributed by atoms with E-state index in [9.17, 15) is 4.79 Å². The first-order valence-corrected chi connectivity index (χ1v) is 9.47. The fourth-order valence-corrected chi connectivity index (χ4v) is 3.55. The summed E-state index contributed by atoms with van der Waals surface area (Å²) >= 11 is 11.7. The van der Waals surface area contributed by atoms with Gasteiger partial charge in [0.2, 0.25) is 0 Å². The highest BCUT2D eigenvalue weighted by Gasteiger charge is 2.20. The lowest BCUT2D eigenvalue weighted by atomic mass is 9.90. The molecular weight excluding hydrogens is 357 g/mol. The summed E-state index contributed by atoms with van der Waals surface area (Å²) in [5.41, 5.74) is 2.40. The number of hydrogen-bond donors (Lipinski definition) is 0. The first-order valence-electron chi connectivity index (χ1n) is 8.72. The molecule has 134 valence electrons.